The van der Waals surface area contributed by atoms with Crippen molar-refractivity contribution < 1.29 is 28.8 Å². The summed E-state index contributed by atoms with van der Waals surface area (Å²) in [6, 6.07) is 4.84. The third-order valence-electron chi connectivity index (χ3n) is 5.38. The molecule has 0 spiro atoms. The number of amides is 2. The zero-order chi connectivity index (χ0) is 21.0. The quantitative estimate of drug-likeness (QED) is 0.428. The number of ketones is 1. The summed E-state index contributed by atoms with van der Waals surface area (Å²) in [5.74, 6) is -2.22. The molecule has 10 heteroatoms. The molecule has 2 amide bonds. The normalized spacial score (nSPS) is 23.0. The van der Waals surface area contributed by atoms with Crippen molar-refractivity contribution in [1.29, 1.82) is 0 Å². The molecule has 0 radical (unpaired) electrons. The van der Waals surface area contributed by atoms with Crippen LogP contribution in [0, 0.1) is 27.9 Å². The molecule has 10 nitrogen and oxygen atoms in total. The van der Waals surface area contributed by atoms with Gasteiger partial charge in [-0.15, -0.1) is 0 Å². The van der Waals surface area contributed by atoms with Gasteiger partial charge in [-0.25, -0.2) is 0 Å². The number of nitro benzene ring substituents is 1. The topological polar surface area (TPSA) is 145 Å². The molecule has 2 aliphatic rings. The number of esters is 1. The Labute approximate surface area is 166 Å². The highest BCUT2D eigenvalue weighted by molar-refractivity contribution is 5.95. The van der Waals surface area contributed by atoms with Gasteiger partial charge in [0.15, 0.2) is 6.61 Å². The number of carbonyl (C=O) groups is 4. The van der Waals surface area contributed by atoms with Crippen LogP contribution in [0.15, 0.2) is 24.3 Å². The van der Waals surface area contributed by atoms with E-state index in [9.17, 15) is 29.3 Å². The Bertz CT molecular complexity index is 821. The average molecular weight is 403 g/mol. The van der Waals surface area contributed by atoms with Crippen molar-refractivity contribution in [3.8, 4) is 0 Å². The first-order valence-electron chi connectivity index (χ1n) is 9.39. The van der Waals surface area contributed by atoms with Crippen molar-refractivity contribution in [3.05, 3.63) is 39.9 Å². The van der Waals surface area contributed by atoms with Crippen LogP contribution in [0.5, 0.6) is 0 Å². The van der Waals surface area contributed by atoms with Crippen molar-refractivity contribution in [2.45, 2.75) is 32.1 Å². The lowest BCUT2D eigenvalue weighted by Gasteiger charge is -2.36. The number of benzene rings is 1. The third kappa shape index (κ3) is 4.95. The molecule has 2 aliphatic carbocycles. The molecule has 0 aromatic heterocycles. The Hall–Kier alpha value is -3.30. The molecule has 2 N–H and O–H groups in total. The molecule has 29 heavy (non-hydrogen) atoms. The number of rotatable bonds is 5. The molecular weight excluding hydrogens is 382 g/mol. The van der Waals surface area contributed by atoms with Crippen LogP contribution in [-0.4, -0.2) is 35.1 Å². The molecule has 0 aliphatic heterocycles. The molecule has 1 aromatic rings. The highest BCUT2D eigenvalue weighted by Crippen LogP contribution is 2.40. The van der Waals surface area contributed by atoms with Crippen LogP contribution in [0.2, 0.25) is 0 Å². The Balaban J connectivity index is 1.41. The minimum Gasteiger partial charge on any atom is -0.455 e. The zero-order valence-electron chi connectivity index (χ0n) is 15.6. The smallest absolute Gasteiger partial charge is 0.309 e. The summed E-state index contributed by atoms with van der Waals surface area (Å²) in [7, 11) is 0. The summed E-state index contributed by atoms with van der Waals surface area (Å²) in [5.41, 5.74) is 4.22. The number of hydrogen-bond donors (Lipinski definition) is 2. The van der Waals surface area contributed by atoms with Crippen molar-refractivity contribution in [2.24, 2.45) is 17.8 Å². The van der Waals surface area contributed by atoms with Crippen molar-refractivity contribution in [2.75, 3.05) is 6.61 Å². The van der Waals surface area contributed by atoms with Crippen LogP contribution in [0.3, 0.4) is 0 Å². The van der Waals surface area contributed by atoms with E-state index in [1.54, 1.807) is 0 Å². The molecule has 2 bridgehead atoms. The van der Waals surface area contributed by atoms with Crippen LogP contribution in [0.1, 0.15) is 42.5 Å². The van der Waals surface area contributed by atoms with E-state index in [1.165, 1.54) is 24.3 Å². The van der Waals surface area contributed by atoms with Gasteiger partial charge in [-0.05, 0) is 37.8 Å². The second-order valence-electron chi connectivity index (χ2n) is 7.31. The largest absolute Gasteiger partial charge is 0.455 e. The van der Waals surface area contributed by atoms with Crippen molar-refractivity contribution in [3.63, 3.8) is 0 Å². The predicted molar refractivity (Wildman–Crippen MR) is 98.2 cm³/mol. The maximum atomic E-state index is 12.2. The maximum absolute atomic E-state index is 12.2. The van der Waals surface area contributed by atoms with Gasteiger partial charge < -0.3 is 4.74 Å². The number of carbonyl (C=O) groups excluding carboxylic acids is 4. The first-order valence-corrected chi connectivity index (χ1v) is 9.39. The minimum atomic E-state index is -0.722. The standard InChI is InChI=1S/C19H21N3O7/c23-16(20-21-18(25)11-4-6-15(7-5-11)22(27)28)10-29-19(26)14-8-12-2-1-3-13(9-14)17(12)24/h4-7,12-14H,1-3,8-10H2,(H,20,23)(H,21,25)/t12-,13-/m1/s1. The van der Waals surface area contributed by atoms with Gasteiger partial charge in [0.2, 0.25) is 0 Å². The fourth-order valence-corrected chi connectivity index (χ4v) is 3.90. The van der Waals surface area contributed by atoms with Crippen molar-refractivity contribution >= 4 is 29.3 Å². The fraction of sp³-hybridized carbons (Fsp3) is 0.474. The summed E-state index contributed by atoms with van der Waals surface area (Å²) in [5, 5.41) is 10.6. The van der Waals surface area contributed by atoms with E-state index in [0.29, 0.717) is 12.8 Å². The van der Waals surface area contributed by atoms with E-state index in [4.69, 9.17) is 4.74 Å². The summed E-state index contributed by atoms with van der Waals surface area (Å²) < 4.78 is 5.04. The summed E-state index contributed by atoms with van der Waals surface area (Å²) in [6.07, 6.45) is 3.53. The van der Waals surface area contributed by atoms with Gasteiger partial charge in [0, 0.05) is 29.5 Å². The molecule has 2 atom stereocenters. The van der Waals surface area contributed by atoms with Gasteiger partial charge in [0.05, 0.1) is 10.8 Å². The Morgan fingerprint density at radius 2 is 1.69 bits per heavy atom. The van der Waals surface area contributed by atoms with Crippen molar-refractivity contribution in [1.82, 2.24) is 10.9 Å². The second kappa shape index (κ2) is 8.80. The summed E-state index contributed by atoms with van der Waals surface area (Å²) >= 11 is 0. The summed E-state index contributed by atoms with van der Waals surface area (Å²) in [4.78, 5) is 58.0. The van der Waals surface area contributed by atoms with E-state index >= 15 is 0 Å². The van der Waals surface area contributed by atoms with E-state index in [0.717, 1.165) is 19.3 Å². The number of fused-ring (bicyclic) bond motifs is 2. The average Bonchev–Trinajstić information content (AvgIpc) is 2.70. The van der Waals surface area contributed by atoms with Crippen LogP contribution >= 0.6 is 0 Å². The lowest BCUT2D eigenvalue weighted by atomic mass is 9.67. The molecule has 1 aromatic carbocycles. The first-order chi connectivity index (χ1) is 13.8. The number of nitrogens with zero attached hydrogens (tertiary/aromatic N) is 1. The molecular formula is C19H21N3O7. The van der Waals surface area contributed by atoms with Gasteiger partial charge in [-0.3, -0.25) is 40.1 Å². The van der Waals surface area contributed by atoms with Gasteiger partial charge in [-0.2, -0.15) is 0 Å². The van der Waals surface area contributed by atoms with Crippen LogP contribution < -0.4 is 10.9 Å². The number of Topliss-reactive ketones (excluding diaryl/α,β-unsaturated/α-hetero) is 1. The number of hydrogen-bond acceptors (Lipinski definition) is 7. The third-order valence-corrected chi connectivity index (χ3v) is 5.38. The molecule has 3 rings (SSSR count). The monoisotopic (exact) mass is 403 g/mol. The minimum absolute atomic E-state index is 0.0881. The molecule has 0 saturated heterocycles. The first kappa shape index (κ1) is 20.4. The molecule has 2 fully saturated rings. The number of ether oxygens (including phenoxy) is 1. The molecule has 154 valence electrons. The second-order valence-corrected chi connectivity index (χ2v) is 7.31. The summed E-state index contributed by atoms with van der Waals surface area (Å²) in [6.45, 7) is -0.556. The highest BCUT2D eigenvalue weighted by Gasteiger charge is 2.41. The van der Waals surface area contributed by atoms with Gasteiger partial charge in [-0.1, -0.05) is 6.42 Å². The molecule has 0 heterocycles. The zero-order valence-corrected chi connectivity index (χ0v) is 15.6. The Morgan fingerprint density at radius 1 is 1.07 bits per heavy atom. The van der Waals surface area contributed by atoms with E-state index in [-0.39, 0.29) is 34.8 Å². The van der Waals surface area contributed by atoms with E-state index in [1.807, 2.05) is 0 Å². The predicted octanol–water partition coefficient (Wildman–Crippen LogP) is 1.29. The molecule has 0 unspecified atom stereocenters. The Morgan fingerprint density at radius 3 is 2.28 bits per heavy atom. The lowest BCUT2D eigenvalue weighted by molar-refractivity contribution is -0.384. The number of nitro groups is 1. The fourth-order valence-electron chi connectivity index (χ4n) is 3.90. The van der Waals surface area contributed by atoms with Crippen LogP contribution in [0.25, 0.3) is 0 Å². The molecule has 2 saturated carbocycles. The van der Waals surface area contributed by atoms with Gasteiger partial charge in [0.25, 0.3) is 17.5 Å². The Kier molecular flexibility index (Phi) is 6.20. The van der Waals surface area contributed by atoms with E-state index in [2.05, 4.69) is 10.9 Å². The lowest BCUT2D eigenvalue weighted by Crippen LogP contribution is -2.44. The number of non-ortho nitro benzene ring substituents is 1. The number of nitrogens with one attached hydrogen (secondary N) is 2. The van der Waals surface area contributed by atoms with Crippen LogP contribution in [-0.2, 0) is 19.1 Å². The van der Waals surface area contributed by atoms with Gasteiger partial charge >= 0.3 is 5.97 Å². The van der Waals surface area contributed by atoms with E-state index < -0.39 is 29.3 Å². The highest BCUT2D eigenvalue weighted by atomic mass is 16.6. The van der Waals surface area contributed by atoms with Crippen LogP contribution in [0.4, 0.5) is 5.69 Å². The van der Waals surface area contributed by atoms with Gasteiger partial charge in [0.1, 0.15) is 5.78 Å². The SMILES string of the molecule is O=C(COC(=O)C1C[C@H]2CCC[C@H](C1)C2=O)NNC(=O)c1ccc([N+](=O)[O-])cc1. The maximum Gasteiger partial charge on any atom is 0.309 e. The number of hydrazine groups is 1.